The smallest absolute Gasteiger partial charge is 0.250 e. The molecular formula is C12H17NO2. The lowest BCUT2D eigenvalue weighted by Gasteiger charge is -2.26. The summed E-state index contributed by atoms with van der Waals surface area (Å²) in [7, 11) is 0. The van der Waals surface area contributed by atoms with Crippen LogP contribution in [-0.4, -0.2) is 28.7 Å². The molecule has 1 saturated heterocycles. The molecule has 0 aromatic carbocycles. The summed E-state index contributed by atoms with van der Waals surface area (Å²) >= 11 is 0. The summed E-state index contributed by atoms with van der Waals surface area (Å²) in [6.45, 7) is 5.60. The Labute approximate surface area is 90.1 Å². The van der Waals surface area contributed by atoms with E-state index < -0.39 is 0 Å². The van der Waals surface area contributed by atoms with Crippen molar-refractivity contribution >= 4 is 11.7 Å². The van der Waals surface area contributed by atoms with Crippen LogP contribution in [0.2, 0.25) is 0 Å². The molecule has 3 heteroatoms. The van der Waals surface area contributed by atoms with Gasteiger partial charge in [-0.1, -0.05) is 0 Å². The molecule has 2 aliphatic heterocycles. The Morgan fingerprint density at radius 3 is 2.47 bits per heavy atom. The maximum absolute atomic E-state index is 12.1. The van der Waals surface area contributed by atoms with Crippen LogP contribution in [0.3, 0.4) is 0 Å². The van der Waals surface area contributed by atoms with Crippen LogP contribution in [0.4, 0.5) is 0 Å². The highest BCUT2D eigenvalue weighted by Crippen LogP contribution is 2.31. The van der Waals surface area contributed by atoms with Crippen LogP contribution in [0, 0.1) is 0 Å². The number of ketones is 1. The monoisotopic (exact) mass is 207 g/mol. The van der Waals surface area contributed by atoms with E-state index in [2.05, 4.69) is 6.92 Å². The molecule has 0 spiro atoms. The zero-order valence-electron chi connectivity index (χ0n) is 9.54. The molecular weight excluding hydrogens is 190 g/mol. The Kier molecular flexibility index (Phi) is 2.41. The van der Waals surface area contributed by atoms with Crippen molar-refractivity contribution < 1.29 is 9.59 Å². The topological polar surface area (TPSA) is 37.4 Å². The van der Waals surface area contributed by atoms with E-state index in [0.29, 0.717) is 17.6 Å². The van der Waals surface area contributed by atoms with Gasteiger partial charge in [0.2, 0.25) is 5.91 Å². The van der Waals surface area contributed by atoms with Crippen LogP contribution in [-0.2, 0) is 9.59 Å². The predicted molar refractivity (Wildman–Crippen MR) is 57.3 cm³/mol. The van der Waals surface area contributed by atoms with Gasteiger partial charge in [0, 0.05) is 29.7 Å². The van der Waals surface area contributed by atoms with Crippen LogP contribution in [0.1, 0.15) is 40.0 Å². The van der Waals surface area contributed by atoms with E-state index in [1.807, 2.05) is 4.90 Å². The molecule has 0 bridgehead atoms. The Morgan fingerprint density at radius 1 is 1.13 bits per heavy atom. The number of allylic oxidation sites excluding steroid dienone is 1. The fourth-order valence-electron chi connectivity index (χ4n) is 2.57. The number of carbonyl (C=O) groups excluding carboxylic acids is 2. The number of nitrogens with zero attached hydrogens (tertiary/aromatic N) is 1. The molecule has 2 rings (SSSR count). The minimum atomic E-state index is 0.0633. The molecule has 0 aromatic heterocycles. The van der Waals surface area contributed by atoms with Crippen LogP contribution in [0.15, 0.2) is 11.1 Å². The number of hydrogen-bond donors (Lipinski definition) is 0. The van der Waals surface area contributed by atoms with Gasteiger partial charge in [-0.25, -0.2) is 0 Å². The van der Waals surface area contributed by atoms with Gasteiger partial charge in [-0.2, -0.15) is 0 Å². The summed E-state index contributed by atoms with van der Waals surface area (Å²) in [6, 6.07) is 0.434. The molecule has 0 N–H and O–H groups in total. The third kappa shape index (κ3) is 1.50. The zero-order valence-corrected chi connectivity index (χ0v) is 9.54. The molecule has 1 amide bonds. The Bertz CT molecular complexity index is 357. The molecule has 0 aliphatic carbocycles. The SMILES string of the molecule is CC1=C(C)C(=O)N2C(C)CCC2CC1=O. The predicted octanol–water partition coefficient (Wildman–Crippen LogP) is 1.68. The first-order valence-corrected chi connectivity index (χ1v) is 5.55. The zero-order chi connectivity index (χ0) is 11.2. The molecule has 2 heterocycles. The van der Waals surface area contributed by atoms with Gasteiger partial charge in [0.1, 0.15) is 0 Å². The Hall–Kier alpha value is -1.12. The van der Waals surface area contributed by atoms with Gasteiger partial charge < -0.3 is 4.90 Å². The molecule has 2 aliphatic rings. The van der Waals surface area contributed by atoms with Gasteiger partial charge in [-0.15, -0.1) is 0 Å². The number of carbonyl (C=O) groups is 2. The van der Waals surface area contributed by atoms with E-state index in [1.54, 1.807) is 13.8 Å². The summed E-state index contributed by atoms with van der Waals surface area (Å²) in [5.74, 6) is 0.204. The fourth-order valence-corrected chi connectivity index (χ4v) is 2.57. The number of fused-ring (bicyclic) bond motifs is 1. The van der Waals surface area contributed by atoms with Crippen LogP contribution in [0.25, 0.3) is 0 Å². The van der Waals surface area contributed by atoms with E-state index in [9.17, 15) is 9.59 Å². The van der Waals surface area contributed by atoms with Gasteiger partial charge in [-0.3, -0.25) is 9.59 Å². The molecule has 0 radical (unpaired) electrons. The van der Waals surface area contributed by atoms with Gasteiger partial charge >= 0.3 is 0 Å². The molecule has 2 unspecified atom stereocenters. The Balaban J connectivity index is 2.41. The van der Waals surface area contributed by atoms with Gasteiger partial charge in [0.15, 0.2) is 5.78 Å². The average Bonchev–Trinajstić information content (AvgIpc) is 2.53. The van der Waals surface area contributed by atoms with Gasteiger partial charge in [0.25, 0.3) is 0 Å². The second kappa shape index (κ2) is 3.47. The van der Waals surface area contributed by atoms with Crippen molar-refractivity contribution in [3.05, 3.63) is 11.1 Å². The van der Waals surface area contributed by atoms with Gasteiger partial charge in [-0.05, 0) is 33.6 Å². The Morgan fingerprint density at radius 2 is 1.80 bits per heavy atom. The van der Waals surface area contributed by atoms with E-state index in [0.717, 1.165) is 12.8 Å². The minimum Gasteiger partial charge on any atom is -0.333 e. The molecule has 82 valence electrons. The van der Waals surface area contributed by atoms with E-state index in [4.69, 9.17) is 0 Å². The van der Waals surface area contributed by atoms with Crippen molar-refractivity contribution in [2.75, 3.05) is 0 Å². The number of Topliss-reactive ketones (excluding diaryl/α,β-unsaturated/α-hetero) is 1. The number of amides is 1. The van der Waals surface area contributed by atoms with Crippen molar-refractivity contribution in [3.8, 4) is 0 Å². The maximum atomic E-state index is 12.1. The van der Waals surface area contributed by atoms with E-state index in [-0.39, 0.29) is 23.8 Å². The standard InChI is InChI=1S/C12H17NO2/c1-7-4-5-10-6-11(14)8(2)9(3)12(15)13(7)10/h7,10H,4-6H2,1-3H3. The lowest BCUT2D eigenvalue weighted by Crippen LogP contribution is -2.39. The average molecular weight is 207 g/mol. The van der Waals surface area contributed by atoms with Crippen molar-refractivity contribution in [1.82, 2.24) is 4.90 Å². The van der Waals surface area contributed by atoms with Gasteiger partial charge in [0.05, 0.1) is 0 Å². The summed E-state index contributed by atoms with van der Waals surface area (Å²) in [6.07, 6.45) is 2.51. The third-order valence-electron chi connectivity index (χ3n) is 3.74. The maximum Gasteiger partial charge on any atom is 0.250 e. The molecule has 3 nitrogen and oxygen atoms in total. The highest BCUT2D eigenvalue weighted by atomic mass is 16.2. The van der Waals surface area contributed by atoms with Crippen molar-refractivity contribution in [2.45, 2.75) is 52.1 Å². The highest BCUT2D eigenvalue weighted by Gasteiger charge is 2.38. The number of hydrogen-bond acceptors (Lipinski definition) is 2. The third-order valence-corrected chi connectivity index (χ3v) is 3.74. The van der Waals surface area contributed by atoms with Crippen LogP contribution in [0.5, 0.6) is 0 Å². The second-order valence-corrected chi connectivity index (χ2v) is 4.67. The summed E-state index contributed by atoms with van der Waals surface area (Å²) in [5.41, 5.74) is 1.29. The summed E-state index contributed by atoms with van der Waals surface area (Å²) < 4.78 is 0. The second-order valence-electron chi connectivity index (χ2n) is 4.67. The first-order valence-electron chi connectivity index (χ1n) is 5.55. The number of rotatable bonds is 0. The van der Waals surface area contributed by atoms with Crippen molar-refractivity contribution in [1.29, 1.82) is 0 Å². The first-order chi connectivity index (χ1) is 7.02. The quantitative estimate of drug-likeness (QED) is 0.606. The largest absolute Gasteiger partial charge is 0.333 e. The molecule has 0 saturated carbocycles. The molecule has 0 aromatic rings. The molecule has 2 atom stereocenters. The van der Waals surface area contributed by atoms with Crippen molar-refractivity contribution in [3.63, 3.8) is 0 Å². The summed E-state index contributed by atoms with van der Waals surface area (Å²) in [5, 5.41) is 0. The van der Waals surface area contributed by atoms with Crippen LogP contribution >= 0.6 is 0 Å². The highest BCUT2D eigenvalue weighted by molar-refractivity contribution is 6.07. The minimum absolute atomic E-state index is 0.0633. The van der Waals surface area contributed by atoms with E-state index >= 15 is 0 Å². The van der Waals surface area contributed by atoms with Crippen LogP contribution < -0.4 is 0 Å². The normalized spacial score (nSPS) is 32.1. The lowest BCUT2D eigenvalue weighted by molar-refractivity contribution is -0.129. The lowest BCUT2D eigenvalue weighted by atomic mass is 10.0. The summed E-state index contributed by atoms with van der Waals surface area (Å²) in [4.78, 5) is 25.8. The van der Waals surface area contributed by atoms with E-state index in [1.165, 1.54) is 0 Å². The first kappa shape index (κ1) is 10.4. The fraction of sp³-hybridized carbons (Fsp3) is 0.667. The van der Waals surface area contributed by atoms with Crippen molar-refractivity contribution in [2.24, 2.45) is 0 Å². The molecule has 15 heavy (non-hydrogen) atoms. The molecule has 1 fully saturated rings.